The molecule has 1 aromatic rings. The number of hydrogen-bond donors (Lipinski definition) is 2. The molecule has 1 aromatic heterocycles. The van der Waals surface area contributed by atoms with Gasteiger partial charge in [0.05, 0.1) is 18.5 Å². The predicted octanol–water partition coefficient (Wildman–Crippen LogP) is -0.304. The van der Waals surface area contributed by atoms with Crippen molar-refractivity contribution in [2.45, 2.75) is 19.9 Å². The molecule has 0 aliphatic heterocycles. The predicted molar refractivity (Wildman–Crippen MR) is 60.6 cm³/mol. The summed E-state index contributed by atoms with van der Waals surface area (Å²) in [6.45, 7) is 3.15. The van der Waals surface area contributed by atoms with Crippen molar-refractivity contribution < 1.29 is 9.90 Å². The molecule has 0 aromatic carbocycles. The minimum Gasteiger partial charge on any atom is -0.396 e. The highest BCUT2D eigenvalue weighted by atomic mass is 16.3. The van der Waals surface area contributed by atoms with E-state index in [1.165, 1.54) is 10.9 Å². The Labute approximate surface area is 94.6 Å². The van der Waals surface area contributed by atoms with Crippen LogP contribution in [0.3, 0.4) is 0 Å². The van der Waals surface area contributed by atoms with Gasteiger partial charge in [-0.05, 0) is 6.42 Å². The quantitative estimate of drug-likeness (QED) is 0.697. The summed E-state index contributed by atoms with van der Waals surface area (Å²) in [7, 11) is 0. The highest BCUT2D eigenvalue weighted by Gasteiger charge is 2.12. The number of carbonyl (C=O) groups is 1. The fourth-order valence-electron chi connectivity index (χ4n) is 1.46. The van der Waals surface area contributed by atoms with Crippen molar-refractivity contribution in [3.63, 3.8) is 0 Å². The number of carbonyl (C=O) groups excluding carboxylic acids is 1. The van der Waals surface area contributed by atoms with Gasteiger partial charge in [-0.3, -0.25) is 9.48 Å². The number of amides is 1. The largest absolute Gasteiger partial charge is 0.396 e. The van der Waals surface area contributed by atoms with Crippen LogP contribution in [0.1, 0.15) is 13.3 Å². The van der Waals surface area contributed by atoms with Gasteiger partial charge in [0, 0.05) is 19.3 Å². The van der Waals surface area contributed by atoms with Crippen molar-refractivity contribution in [3.05, 3.63) is 12.4 Å². The second kappa shape index (κ2) is 6.12. The van der Waals surface area contributed by atoms with Crippen LogP contribution >= 0.6 is 0 Å². The van der Waals surface area contributed by atoms with Crippen LogP contribution in [-0.4, -0.2) is 45.4 Å². The molecule has 0 fully saturated rings. The van der Waals surface area contributed by atoms with Crippen LogP contribution in [0.2, 0.25) is 0 Å². The number of anilines is 1. The molecule has 0 aliphatic rings. The van der Waals surface area contributed by atoms with Crippen LogP contribution < -0.4 is 5.73 Å². The normalized spacial score (nSPS) is 10.4. The average Bonchev–Trinajstić information content (AvgIpc) is 2.63. The third kappa shape index (κ3) is 3.54. The molecule has 16 heavy (non-hydrogen) atoms. The fraction of sp³-hybridized carbons (Fsp3) is 0.600. The Kier molecular flexibility index (Phi) is 4.78. The molecule has 0 spiro atoms. The third-order valence-electron chi connectivity index (χ3n) is 2.17. The Bertz CT molecular complexity index is 331. The van der Waals surface area contributed by atoms with Gasteiger partial charge >= 0.3 is 0 Å². The zero-order chi connectivity index (χ0) is 12.0. The van der Waals surface area contributed by atoms with E-state index in [9.17, 15) is 4.79 Å². The zero-order valence-electron chi connectivity index (χ0n) is 9.46. The monoisotopic (exact) mass is 226 g/mol. The Morgan fingerprint density at radius 1 is 1.62 bits per heavy atom. The minimum atomic E-state index is -0.0565. The number of nitrogen functional groups attached to an aromatic ring is 1. The van der Waals surface area contributed by atoms with Crippen molar-refractivity contribution in [2.75, 3.05) is 25.4 Å². The number of aromatic nitrogens is 2. The van der Waals surface area contributed by atoms with Crippen molar-refractivity contribution >= 4 is 11.6 Å². The SMILES string of the molecule is CCCN(CCO)C(=O)Cn1cc(N)cn1. The first-order chi connectivity index (χ1) is 7.67. The van der Waals surface area contributed by atoms with E-state index in [1.807, 2.05) is 6.92 Å². The van der Waals surface area contributed by atoms with E-state index in [1.54, 1.807) is 11.1 Å². The molecule has 0 radical (unpaired) electrons. The molecular formula is C10H18N4O2. The molecule has 1 heterocycles. The molecule has 0 bridgehead atoms. The van der Waals surface area contributed by atoms with Crippen molar-refractivity contribution in [1.82, 2.24) is 14.7 Å². The highest BCUT2D eigenvalue weighted by molar-refractivity contribution is 5.75. The van der Waals surface area contributed by atoms with Crippen LogP contribution in [0, 0.1) is 0 Å². The number of rotatable bonds is 6. The highest BCUT2D eigenvalue weighted by Crippen LogP contribution is 2.00. The minimum absolute atomic E-state index is 0.0208. The number of nitrogens with two attached hydrogens (primary N) is 1. The van der Waals surface area contributed by atoms with Gasteiger partial charge in [0.2, 0.25) is 5.91 Å². The number of aliphatic hydroxyl groups is 1. The molecule has 6 heteroatoms. The van der Waals surface area contributed by atoms with Gasteiger partial charge in [-0.15, -0.1) is 0 Å². The maximum absolute atomic E-state index is 11.8. The van der Waals surface area contributed by atoms with E-state index in [-0.39, 0.29) is 19.1 Å². The van der Waals surface area contributed by atoms with Crippen LogP contribution in [0.4, 0.5) is 5.69 Å². The fourth-order valence-corrected chi connectivity index (χ4v) is 1.46. The summed E-state index contributed by atoms with van der Waals surface area (Å²) in [4.78, 5) is 13.4. The molecule has 90 valence electrons. The van der Waals surface area contributed by atoms with Gasteiger partial charge in [0.15, 0.2) is 0 Å². The zero-order valence-corrected chi connectivity index (χ0v) is 9.46. The first kappa shape index (κ1) is 12.5. The van der Waals surface area contributed by atoms with E-state index in [4.69, 9.17) is 10.8 Å². The van der Waals surface area contributed by atoms with Gasteiger partial charge in [0.1, 0.15) is 6.54 Å². The summed E-state index contributed by atoms with van der Waals surface area (Å²) in [5, 5.41) is 12.8. The molecular weight excluding hydrogens is 208 g/mol. The Morgan fingerprint density at radius 2 is 2.38 bits per heavy atom. The van der Waals surface area contributed by atoms with Crippen LogP contribution in [0.25, 0.3) is 0 Å². The van der Waals surface area contributed by atoms with E-state index in [0.29, 0.717) is 18.8 Å². The maximum atomic E-state index is 11.8. The van der Waals surface area contributed by atoms with Gasteiger partial charge in [-0.25, -0.2) is 0 Å². The van der Waals surface area contributed by atoms with Gasteiger partial charge in [-0.2, -0.15) is 5.10 Å². The molecule has 0 unspecified atom stereocenters. The molecule has 1 amide bonds. The number of aliphatic hydroxyl groups excluding tert-OH is 1. The number of nitrogens with zero attached hydrogens (tertiary/aromatic N) is 3. The first-order valence-electron chi connectivity index (χ1n) is 5.34. The van der Waals surface area contributed by atoms with Crippen LogP contribution in [0.15, 0.2) is 12.4 Å². The molecule has 6 nitrogen and oxygen atoms in total. The summed E-state index contributed by atoms with van der Waals surface area (Å²) in [5.41, 5.74) is 6.04. The van der Waals surface area contributed by atoms with Crippen LogP contribution in [-0.2, 0) is 11.3 Å². The molecule has 0 saturated carbocycles. The summed E-state index contributed by atoms with van der Waals surface area (Å²) in [5.74, 6) is -0.0565. The van der Waals surface area contributed by atoms with Crippen molar-refractivity contribution in [3.8, 4) is 0 Å². The molecule has 1 rings (SSSR count). The first-order valence-corrected chi connectivity index (χ1v) is 5.34. The lowest BCUT2D eigenvalue weighted by molar-refractivity contribution is -0.132. The second-order valence-corrected chi connectivity index (χ2v) is 3.58. The summed E-state index contributed by atoms with van der Waals surface area (Å²) < 4.78 is 1.50. The Balaban J connectivity index is 2.54. The van der Waals surface area contributed by atoms with E-state index in [2.05, 4.69) is 5.10 Å². The second-order valence-electron chi connectivity index (χ2n) is 3.58. The lowest BCUT2D eigenvalue weighted by atomic mass is 10.4. The molecule has 3 N–H and O–H groups in total. The summed E-state index contributed by atoms with van der Waals surface area (Å²) >= 11 is 0. The van der Waals surface area contributed by atoms with Crippen molar-refractivity contribution in [1.29, 1.82) is 0 Å². The Morgan fingerprint density at radius 3 is 2.88 bits per heavy atom. The van der Waals surface area contributed by atoms with E-state index >= 15 is 0 Å². The standard InChI is InChI=1S/C10H18N4O2/c1-2-3-13(4-5-15)10(16)8-14-7-9(11)6-12-14/h6-7,15H,2-5,8,11H2,1H3. The third-order valence-corrected chi connectivity index (χ3v) is 2.17. The number of hydrogen-bond acceptors (Lipinski definition) is 4. The Hall–Kier alpha value is -1.56. The van der Waals surface area contributed by atoms with E-state index in [0.717, 1.165) is 6.42 Å². The maximum Gasteiger partial charge on any atom is 0.244 e. The average molecular weight is 226 g/mol. The lowest BCUT2D eigenvalue weighted by Gasteiger charge is -2.20. The van der Waals surface area contributed by atoms with Gasteiger partial charge in [-0.1, -0.05) is 6.92 Å². The topological polar surface area (TPSA) is 84.4 Å². The molecule has 0 atom stereocenters. The molecule has 0 aliphatic carbocycles. The van der Waals surface area contributed by atoms with Crippen LogP contribution in [0.5, 0.6) is 0 Å². The van der Waals surface area contributed by atoms with Crippen molar-refractivity contribution in [2.24, 2.45) is 0 Å². The molecule has 0 saturated heterocycles. The van der Waals surface area contributed by atoms with Gasteiger partial charge < -0.3 is 15.7 Å². The lowest BCUT2D eigenvalue weighted by Crippen LogP contribution is -2.36. The smallest absolute Gasteiger partial charge is 0.244 e. The summed E-state index contributed by atoms with van der Waals surface area (Å²) in [6, 6.07) is 0. The van der Waals surface area contributed by atoms with E-state index < -0.39 is 0 Å². The summed E-state index contributed by atoms with van der Waals surface area (Å²) in [6.07, 6.45) is 3.98. The van der Waals surface area contributed by atoms with Gasteiger partial charge in [0.25, 0.3) is 0 Å².